The van der Waals surface area contributed by atoms with E-state index in [9.17, 15) is 14.4 Å². The van der Waals surface area contributed by atoms with Crippen LogP contribution in [0.2, 0.25) is 0 Å². The van der Waals surface area contributed by atoms with Gasteiger partial charge in [-0.25, -0.2) is 0 Å². The molecular weight excluding hydrogens is 382 g/mol. The third kappa shape index (κ3) is 6.16. The predicted molar refractivity (Wildman–Crippen MR) is 102 cm³/mol. The molecule has 2 aromatic rings. The molecule has 0 unspecified atom stereocenters. The lowest BCUT2D eigenvalue weighted by molar-refractivity contribution is -0.125. The molecule has 1 heterocycles. The van der Waals surface area contributed by atoms with Crippen molar-refractivity contribution in [2.24, 2.45) is 0 Å². The van der Waals surface area contributed by atoms with Crippen molar-refractivity contribution >= 4 is 17.7 Å². The fourth-order valence-corrected chi connectivity index (χ4v) is 2.38. The Kier molecular flexibility index (Phi) is 7.89. The van der Waals surface area contributed by atoms with E-state index >= 15 is 0 Å². The highest BCUT2D eigenvalue weighted by atomic mass is 16.5. The van der Waals surface area contributed by atoms with Crippen LogP contribution in [0.1, 0.15) is 16.1 Å². The van der Waals surface area contributed by atoms with E-state index in [-0.39, 0.29) is 31.1 Å². The van der Waals surface area contributed by atoms with Crippen molar-refractivity contribution in [3.63, 3.8) is 0 Å². The van der Waals surface area contributed by atoms with Gasteiger partial charge in [0.1, 0.15) is 5.76 Å². The van der Waals surface area contributed by atoms with E-state index in [2.05, 4.69) is 16.0 Å². The monoisotopic (exact) mass is 405 g/mol. The lowest BCUT2D eigenvalue weighted by Crippen LogP contribution is -2.41. The van der Waals surface area contributed by atoms with Gasteiger partial charge < -0.3 is 34.6 Å². The standard InChI is InChI=1S/C19H23N3O7/c1-26-14-7-12(8-15(27-2)18(14)28-3)19(25)22-11-17(24)21-10-16(23)20-9-13-5-4-6-29-13/h4-8H,9-11H2,1-3H3,(H,20,23)(H,21,24)(H,22,25). The van der Waals surface area contributed by atoms with E-state index in [4.69, 9.17) is 18.6 Å². The molecule has 1 aromatic carbocycles. The van der Waals surface area contributed by atoms with Crippen LogP contribution in [0.5, 0.6) is 17.2 Å². The summed E-state index contributed by atoms with van der Waals surface area (Å²) < 4.78 is 20.7. The molecule has 0 saturated carbocycles. The molecule has 0 radical (unpaired) electrons. The smallest absolute Gasteiger partial charge is 0.251 e. The number of hydrogen-bond donors (Lipinski definition) is 3. The average molecular weight is 405 g/mol. The Balaban J connectivity index is 1.82. The molecule has 0 fully saturated rings. The van der Waals surface area contributed by atoms with Crippen LogP contribution in [0.4, 0.5) is 0 Å². The molecule has 10 heteroatoms. The summed E-state index contributed by atoms with van der Waals surface area (Å²) >= 11 is 0. The van der Waals surface area contributed by atoms with E-state index < -0.39 is 11.8 Å². The van der Waals surface area contributed by atoms with Gasteiger partial charge in [0.2, 0.25) is 17.6 Å². The van der Waals surface area contributed by atoms with Crippen LogP contribution in [0.3, 0.4) is 0 Å². The molecule has 156 valence electrons. The van der Waals surface area contributed by atoms with Gasteiger partial charge in [-0.05, 0) is 24.3 Å². The second kappa shape index (κ2) is 10.6. The summed E-state index contributed by atoms with van der Waals surface area (Å²) in [5.41, 5.74) is 0.225. The van der Waals surface area contributed by atoms with Gasteiger partial charge >= 0.3 is 0 Å². The summed E-state index contributed by atoms with van der Waals surface area (Å²) in [7, 11) is 4.32. The molecule has 2 rings (SSSR count). The van der Waals surface area contributed by atoms with Crippen LogP contribution in [0.15, 0.2) is 34.9 Å². The second-order valence-corrected chi connectivity index (χ2v) is 5.73. The molecule has 0 spiro atoms. The second-order valence-electron chi connectivity index (χ2n) is 5.73. The molecule has 1 aromatic heterocycles. The zero-order chi connectivity index (χ0) is 21.2. The predicted octanol–water partition coefficient (Wildman–Crippen LogP) is 0.468. The number of carbonyl (C=O) groups excluding carboxylic acids is 3. The molecule has 0 bridgehead atoms. The Hall–Kier alpha value is -3.69. The first kappa shape index (κ1) is 21.6. The van der Waals surface area contributed by atoms with Crippen LogP contribution < -0.4 is 30.2 Å². The topological polar surface area (TPSA) is 128 Å². The average Bonchev–Trinajstić information content (AvgIpc) is 3.26. The van der Waals surface area contributed by atoms with Crippen molar-refractivity contribution in [2.45, 2.75) is 6.54 Å². The summed E-state index contributed by atoms with van der Waals surface area (Å²) in [6, 6.07) is 6.37. The number of furan rings is 1. The van der Waals surface area contributed by atoms with Gasteiger partial charge in [0.15, 0.2) is 11.5 Å². The third-order valence-electron chi connectivity index (χ3n) is 3.82. The lowest BCUT2D eigenvalue weighted by Gasteiger charge is -2.14. The van der Waals surface area contributed by atoms with Gasteiger partial charge in [0, 0.05) is 5.56 Å². The molecule has 0 aliphatic rings. The third-order valence-corrected chi connectivity index (χ3v) is 3.82. The Morgan fingerprint density at radius 3 is 2.07 bits per heavy atom. The maximum absolute atomic E-state index is 12.3. The van der Waals surface area contributed by atoms with Crippen LogP contribution >= 0.6 is 0 Å². The van der Waals surface area contributed by atoms with Crippen LogP contribution in [0.25, 0.3) is 0 Å². The van der Waals surface area contributed by atoms with Crippen molar-refractivity contribution in [1.82, 2.24) is 16.0 Å². The zero-order valence-corrected chi connectivity index (χ0v) is 16.4. The minimum Gasteiger partial charge on any atom is -0.493 e. The van der Waals surface area contributed by atoms with E-state index in [1.165, 1.54) is 39.7 Å². The zero-order valence-electron chi connectivity index (χ0n) is 16.4. The quantitative estimate of drug-likeness (QED) is 0.524. The minimum atomic E-state index is -0.515. The molecule has 3 amide bonds. The molecule has 29 heavy (non-hydrogen) atoms. The summed E-state index contributed by atoms with van der Waals surface area (Å²) in [5, 5.41) is 7.48. The Bertz CT molecular complexity index is 824. The molecule has 0 saturated heterocycles. The van der Waals surface area contributed by atoms with Crippen LogP contribution in [-0.4, -0.2) is 52.1 Å². The van der Waals surface area contributed by atoms with Crippen molar-refractivity contribution < 1.29 is 33.0 Å². The van der Waals surface area contributed by atoms with Gasteiger partial charge in [0.05, 0.1) is 47.2 Å². The first-order valence-electron chi connectivity index (χ1n) is 8.62. The van der Waals surface area contributed by atoms with Crippen molar-refractivity contribution in [3.05, 3.63) is 41.9 Å². The number of methoxy groups -OCH3 is 3. The summed E-state index contributed by atoms with van der Waals surface area (Å²) in [6.07, 6.45) is 1.50. The molecule has 0 aliphatic carbocycles. The fraction of sp³-hybridized carbons (Fsp3) is 0.316. The number of amides is 3. The number of ether oxygens (including phenoxy) is 3. The number of nitrogens with one attached hydrogen (secondary N) is 3. The van der Waals surface area contributed by atoms with Crippen LogP contribution in [-0.2, 0) is 16.1 Å². The maximum atomic E-state index is 12.3. The van der Waals surface area contributed by atoms with Gasteiger partial charge in [-0.1, -0.05) is 0 Å². The van der Waals surface area contributed by atoms with Gasteiger partial charge in [-0.15, -0.1) is 0 Å². The van der Waals surface area contributed by atoms with E-state index in [1.807, 2.05) is 0 Å². The number of rotatable bonds is 10. The van der Waals surface area contributed by atoms with Crippen molar-refractivity contribution in [1.29, 1.82) is 0 Å². The van der Waals surface area contributed by atoms with Crippen molar-refractivity contribution in [2.75, 3.05) is 34.4 Å². The molecule has 10 nitrogen and oxygen atoms in total. The number of benzene rings is 1. The molecule has 0 atom stereocenters. The minimum absolute atomic E-state index is 0.222. The summed E-state index contributed by atoms with van der Waals surface area (Å²) in [5.74, 6) is 0.169. The first-order chi connectivity index (χ1) is 14.0. The maximum Gasteiger partial charge on any atom is 0.251 e. The highest BCUT2D eigenvalue weighted by molar-refractivity contribution is 5.98. The lowest BCUT2D eigenvalue weighted by atomic mass is 10.1. The molecule has 3 N–H and O–H groups in total. The summed E-state index contributed by atoms with van der Waals surface area (Å²) in [6.45, 7) is -0.305. The Morgan fingerprint density at radius 1 is 0.897 bits per heavy atom. The number of carbonyl (C=O) groups is 3. The summed E-state index contributed by atoms with van der Waals surface area (Å²) in [4.78, 5) is 35.9. The number of hydrogen-bond acceptors (Lipinski definition) is 7. The highest BCUT2D eigenvalue weighted by Gasteiger charge is 2.17. The largest absolute Gasteiger partial charge is 0.493 e. The van der Waals surface area contributed by atoms with Crippen molar-refractivity contribution in [3.8, 4) is 17.2 Å². The first-order valence-corrected chi connectivity index (χ1v) is 8.62. The van der Waals surface area contributed by atoms with Gasteiger partial charge in [-0.2, -0.15) is 0 Å². The SMILES string of the molecule is COc1cc(C(=O)NCC(=O)NCC(=O)NCc2ccco2)cc(OC)c1OC. The van der Waals surface area contributed by atoms with E-state index in [0.717, 1.165) is 0 Å². The highest BCUT2D eigenvalue weighted by Crippen LogP contribution is 2.38. The fourth-order valence-electron chi connectivity index (χ4n) is 2.38. The normalized spacial score (nSPS) is 10.0. The molecular formula is C19H23N3O7. The van der Waals surface area contributed by atoms with Crippen LogP contribution in [0, 0.1) is 0 Å². The Labute approximate surface area is 167 Å². The van der Waals surface area contributed by atoms with E-state index in [1.54, 1.807) is 12.1 Å². The van der Waals surface area contributed by atoms with Gasteiger partial charge in [-0.3, -0.25) is 14.4 Å². The van der Waals surface area contributed by atoms with Gasteiger partial charge in [0.25, 0.3) is 5.91 Å². The van der Waals surface area contributed by atoms with E-state index in [0.29, 0.717) is 23.0 Å². The Morgan fingerprint density at radius 2 is 1.52 bits per heavy atom. The molecule has 0 aliphatic heterocycles.